The molecule has 0 spiro atoms. The second-order valence-electron chi connectivity index (χ2n) is 3.68. The summed E-state index contributed by atoms with van der Waals surface area (Å²) in [6, 6.07) is 0.943. The van der Waals surface area contributed by atoms with Crippen molar-refractivity contribution in [3.63, 3.8) is 0 Å². The summed E-state index contributed by atoms with van der Waals surface area (Å²) < 4.78 is 43.2. The minimum absolute atomic E-state index is 0.135. The first kappa shape index (κ1) is 15.5. The van der Waals surface area contributed by atoms with E-state index in [1.807, 2.05) is 0 Å². The Labute approximate surface area is 114 Å². The van der Waals surface area contributed by atoms with Gasteiger partial charge in [-0.05, 0) is 6.07 Å². The lowest BCUT2D eigenvalue weighted by molar-refractivity contribution is 0.195. The Hall–Kier alpha value is -0.570. The Balaban J connectivity index is 2.86. The van der Waals surface area contributed by atoms with Gasteiger partial charge in [0.1, 0.15) is 10.7 Å². The van der Waals surface area contributed by atoms with Crippen LogP contribution < -0.4 is 0 Å². The van der Waals surface area contributed by atoms with Gasteiger partial charge in [-0.2, -0.15) is 4.31 Å². The van der Waals surface area contributed by atoms with Crippen molar-refractivity contribution < 1.29 is 17.5 Å². The van der Waals surface area contributed by atoms with Gasteiger partial charge in [0.05, 0.1) is 17.6 Å². The van der Waals surface area contributed by atoms with Gasteiger partial charge in [-0.25, -0.2) is 12.8 Å². The second kappa shape index (κ2) is 6.55. The fraction of sp³-hybridized carbons (Fsp3) is 0.500. The van der Waals surface area contributed by atoms with Crippen LogP contribution >= 0.6 is 15.9 Å². The predicted molar refractivity (Wildman–Crippen MR) is 68.6 cm³/mol. The van der Waals surface area contributed by atoms with E-state index in [-0.39, 0.29) is 16.3 Å². The molecule has 18 heavy (non-hydrogen) atoms. The molecule has 0 saturated heterocycles. The van der Waals surface area contributed by atoms with E-state index in [0.29, 0.717) is 6.61 Å². The molecule has 1 rings (SSSR count). The van der Waals surface area contributed by atoms with Crippen molar-refractivity contribution >= 4 is 26.0 Å². The number of aromatic nitrogens is 1. The van der Waals surface area contributed by atoms with Gasteiger partial charge in [-0.3, -0.25) is 4.98 Å². The van der Waals surface area contributed by atoms with Gasteiger partial charge in [-0.1, -0.05) is 15.9 Å². The number of methoxy groups -OCH3 is 1. The fourth-order valence-corrected chi connectivity index (χ4v) is 3.41. The number of sulfonamides is 1. The summed E-state index contributed by atoms with van der Waals surface area (Å²) in [5.41, 5.74) is 0. The summed E-state index contributed by atoms with van der Waals surface area (Å²) in [5.74, 6) is -0.684. The zero-order valence-electron chi connectivity index (χ0n) is 10.0. The number of halogens is 2. The Morgan fingerprint density at radius 1 is 1.56 bits per heavy atom. The van der Waals surface area contributed by atoms with E-state index in [1.54, 1.807) is 0 Å². The minimum atomic E-state index is -3.73. The van der Waals surface area contributed by atoms with E-state index in [2.05, 4.69) is 20.9 Å². The number of alkyl halides is 1. The maximum atomic E-state index is 13.0. The number of nitrogens with zero attached hydrogens (tertiary/aromatic N) is 2. The molecular formula is C10H14BrFN2O3S. The molecule has 0 N–H and O–H groups in total. The van der Waals surface area contributed by atoms with Crippen molar-refractivity contribution in [2.75, 3.05) is 27.3 Å². The van der Waals surface area contributed by atoms with E-state index < -0.39 is 15.8 Å². The molecule has 5 nitrogen and oxygen atoms in total. The first-order valence-corrected chi connectivity index (χ1v) is 7.43. The van der Waals surface area contributed by atoms with Gasteiger partial charge in [-0.15, -0.1) is 0 Å². The number of pyridine rings is 1. The molecule has 0 aromatic carbocycles. The standard InChI is InChI=1S/C10H14BrFN2O3S/c1-14(6-8(11)7-17-2)18(15,16)10-3-9(12)4-13-5-10/h3-5,8H,6-7H2,1-2H3. The Morgan fingerprint density at radius 3 is 2.78 bits per heavy atom. The number of rotatable bonds is 6. The van der Waals surface area contributed by atoms with Crippen LogP contribution in [0.25, 0.3) is 0 Å². The largest absolute Gasteiger partial charge is 0.383 e. The van der Waals surface area contributed by atoms with Gasteiger partial charge in [0, 0.05) is 26.9 Å². The summed E-state index contributed by atoms with van der Waals surface area (Å²) in [4.78, 5) is 3.23. The number of hydrogen-bond donors (Lipinski definition) is 0. The van der Waals surface area contributed by atoms with Crippen LogP contribution in [0.4, 0.5) is 4.39 Å². The first-order valence-electron chi connectivity index (χ1n) is 5.08. The van der Waals surface area contributed by atoms with E-state index >= 15 is 0 Å². The zero-order valence-corrected chi connectivity index (χ0v) is 12.4. The van der Waals surface area contributed by atoms with Crippen molar-refractivity contribution in [1.29, 1.82) is 0 Å². The summed E-state index contributed by atoms with van der Waals surface area (Å²) in [7, 11) is -0.782. The van der Waals surface area contributed by atoms with E-state index in [1.165, 1.54) is 14.2 Å². The molecule has 1 atom stereocenters. The first-order chi connectivity index (χ1) is 8.37. The Bertz CT molecular complexity index is 498. The van der Waals surface area contributed by atoms with Gasteiger partial charge < -0.3 is 4.74 Å². The van der Waals surface area contributed by atoms with Crippen LogP contribution in [-0.4, -0.2) is 49.8 Å². The fourth-order valence-electron chi connectivity index (χ4n) is 1.32. The van der Waals surface area contributed by atoms with Gasteiger partial charge in [0.15, 0.2) is 0 Å². The molecule has 1 aromatic heterocycles. The molecule has 0 aliphatic heterocycles. The van der Waals surface area contributed by atoms with Gasteiger partial charge >= 0.3 is 0 Å². The summed E-state index contributed by atoms with van der Waals surface area (Å²) >= 11 is 3.30. The Morgan fingerprint density at radius 2 is 2.22 bits per heavy atom. The minimum Gasteiger partial charge on any atom is -0.383 e. The predicted octanol–water partition coefficient (Wildman–Crippen LogP) is 1.25. The highest BCUT2D eigenvalue weighted by Crippen LogP contribution is 2.15. The molecule has 1 aromatic rings. The van der Waals surface area contributed by atoms with E-state index in [9.17, 15) is 12.8 Å². The molecule has 0 amide bonds. The molecule has 102 valence electrons. The summed E-state index contributed by atoms with van der Waals surface area (Å²) in [5, 5.41) is 0. The molecule has 1 heterocycles. The molecule has 8 heteroatoms. The van der Waals surface area contributed by atoms with Crippen LogP contribution in [0.3, 0.4) is 0 Å². The molecular weight excluding hydrogens is 327 g/mol. The topological polar surface area (TPSA) is 59.5 Å². The number of ether oxygens (including phenoxy) is 1. The molecule has 0 aliphatic carbocycles. The van der Waals surface area contributed by atoms with Crippen molar-refractivity contribution in [3.05, 3.63) is 24.3 Å². The average Bonchev–Trinajstić information content (AvgIpc) is 2.29. The van der Waals surface area contributed by atoms with Crippen LogP contribution in [0.1, 0.15) is 0 Å². The van der Waals surface area contributed by atoms with Crippen LogP contribution in [-0.2, 0) is 14.8 Å². The molecule has 0 aliphatic rings. The average molecular weight is 341 g/mol. The maximum absolute atomic E-state index is 13.0. The molecule has 1 unspecified atom stereocenters. The lowest BCUT2D eigenvalue weighted by Crippen LogP contribution is -2.33. The normalized spacial score (nSPS) is 13.8. The van der Waals surface area contributed by atoms with Crippen molar-refractivity contribution in [3.8, 4) is 0 Å². The van der Waals surface area contributed by atoms with E-state index in [0.717, 1.165) is 22.8 Å². The third-order valence-corrected chi connectivity index (χ3v) is 4.53. The SMILES string of the molecule is COCC(Br)CN(C)S(=O)(=O)c1cncc(F)c1. The highest BCUT2D eigenvalue weighted by molar-refractivity contribution is 9.09. The smallest absolute Gasteiger partial charge is 0.244 e. The molecule has 0 bridgehead atoms. The van der Waals surface area contributed by atoms with Crippen molar-refractivity contribution in [1.82, 2.24) is 9.29 Å². The lowest BCUT2D eigenvalue weighted by atomic mass is 10.4. The van der Waals surface area contributed by atoms with Crippen LogP contribution in [0.5, 0.6) is 0 Å². The Kier molecular flexibility index (Phi) is 5.64. The monoisotopic (exact) mass is 340 g/mol. The van der Waals surface area contributed by atoms with Crippen molar-refractivity contribution in [2.24, 2.45) is 0 Å². The van der Waals surface area contributed by atoms with E-state index in [4.69, 9.17) is 4.74 Å². The van der Waals surface area contributed by atoms with Gasteiger partial charge in [0.25, 0.3) is 0 Å². The zero-order chi connectivity index (χ0) is 13.8. The third-order valence-electron chi connectivity index (χ3n) is 2.19. The number of hydrogen-bond acceptors (Lipinski definition) is 4. The van der Waals surface area contributed by atoms with Crippen LogP contribution in [0.15, 0.2) is 23.4 Å². The summed E-state index contributed by atoms with van der Waals surface area (Å²) in [6.07, 6.45) is 2.08. The van der Waals surface area contributed by atoms with Gasteiger partial charge in [0.2, 0.25) is 10.0 Å². The maximum Gasteiger partial charge on any atom is 0.244 e. The van der Waals surface area contributed by atoms with Crippen LogP contribution in [0.2, 0.25) is 0 Å². The summed E-state index contributed by atoms with van der Waals surface area (Å²) in [6.45, 7) is 0.591. The van der Waals surface area contributed by atoms with Crippen LogP contribution in [0, 0.1) is 5.82 Å². The van der Waals surface area contributed by atoms with Crippen molar-refractivity contribution in [2.45, 2.75) is 9.72 Å². The lowest BCUT2D eigenvalue weighted by Gasteiger charge is -2.19. The third kappa shape index (κ3) is 3.98. The highest BCUT2D eigenvalue weighted by Gasteiger charge is 2.23. The molecule has 0 fully saturated rings. The molecule has 0 radical (unpaired) electrons. The second-order valence-corrected chi connectivity index (χ2v) is 7.02. The quantitative estimate of drug-likeness (QED) is 0.731. The highest BCUT2D eigenvalue weighted by atomic mass is 79.9. The molecule has 0 saturated carbocycles.